The summed E-state index contributed by atoms with van der Waals surface area (Å²) in [6.45, 7) is 1.44. The van der Waals surface area contributed by atoms with Crippen LogP contribution in [0.2, 0.25) is 0 Å². The molecule has 2 N–H and O–H groups in total. The third-order valence-electron chi connectivity index (χ3n) is 3.20. The van der Waals surface area contributed by atoms with Crippen LogP contribution < -0.4 is 15.4 Å². The molecule has 0 aliphatic heterocycles. The molecule has 0 saturated heterocycles. The lowest BCUT2D eigenvalue weighted by Gasteiger charge is -2.09. The van der Waals surface area contributed by atoms with Crippen LogP contribution in [0.1, 0.15) is 17.3 Å². The van der Waals surface area contributed by atoms with E-state index < -0.39 is 11.0 Å². The summed E-state index contributed by atoms with van der Waals surface area (Å²) in [7, 11) is 1.39. The summed E-state index contributed by atoms with van der Waals surface area (Å²) < 4.78 is 4.93. The van der Waals surface area contributed by atoms with Gasteiger partial charge in [0, 0.05) is 11.3 Å². The lowest BCUT2D eigenvalue weighted by molar-refractivity contribution is -0.384. The predicted octanol–water partition coefficient (Wildman–Crippen LogP) is 3.45. The molecular formula is C16H15N3O5. The van der Waals surface area contributed by atoms with Crippen molar-refractivity contribution in [3.8, 4) is 5.75 Å². The monoisotopic (exact) mass is 329 g/mol. The topological polar surface area (TPSA) is 111 Å². The number of hydrogen-bond donors (Lipinski definition) is 2. The molecule has 8 heteroatoms. The van der Waals surface area contributed by atoms with Gasteiger partial charge in [0.25, 0.3) is 5.69 Å². The number of hydrogen-bond acceptors (Lipinski definition) is 5. The predicted molar refractivity (Wildman–Crippen MR) is 88.7 cm³/mol. The van der Waals surface area contributed by atoms with Gasteiger partial charge < -0.3 is 15.4 Å². The van der Waals surface area contributed by atoms with Crippen LogP contribution in [0.4, 0.5) is 21.9 Å². The third-order valence-corrected chi connectivity index (χ3v) is 3.20. The highest BCUT2D eigenvalue weighted by atomic mass is 16.6. The van der Waals surface area contributed by atoms with Gasteiger partial charge in [-0.15, -0.1) is 0 Å². The zero-order valence-corrected chi connectivity index (χ0v) is 13.0. The molecule has 0 aliphatic rings. The highest BCUT2D eigenvalue weighted by molar-refractivity contribution is 6.01. The molecule has 0 fully saturated rings. The summed E-state index contributed by atoms with van der Waals surface area (Å²) in [5.41, 5.74) is 0.732. The van der Waals surface area contributed by atoms with Crippen LogP contribution in [0.15, 0.2) is 42.5 Å². The highest BCUT2D eigenvalue weighted by Crippen LogP contribution is 2.29. The number of Topliss-reactive ketones (excluding diaryl/α,β-unsaturated/α-hetero) is 1. The van der Waals surface area contributed by atoms with E-state index in [4.69, 9.17) is 4.74 Å². The number of carbonyl (C=O) groups excluding carboxylic acids is 2. The maximum atomic E-state index is 12.0. The van der Waals surface area contributed by atoms with Crippen LogP contribution in [-0.4, -0.2) is 23.8 Å². The number of nitro groups is 1. The van der Waals surface area contributed by atoms with E-state index in [0.29, 0.717) is 17.0 Å². The largest absolute Gasteiger partial charge is 0.496 e. The molecule has 0 aromatic heterocycles. The van der Waals surface area contributed by atoms with Crippen molar-refractivity contribution in [3.63, 3.8) is 0 Å². The van der Waals surface area contributed by atoms with Crippen LogP contribution in [-0.2, 0) is 0 Å². The first-order valence-electron chi connectivity index (χ1n) is 6.92. The minimum absolute atomic E-state index is 0.0404. The first-order valence-corrected chi connectivity index (χ1v) is 6.92. The number of rotatable bonds is 5. The molecule has 8 nitrogen and oxygen atoms in total. The molecular weight excluding hydrogens is 314 g/mol. The van der Waals surface area contributed by atoms with Crippen LogP contribution in [0.25, 0.3) is 0 Å². The van der Waals surface area contributed by atoms with Crippen molar-refractivity contribution in [2.24, 2.45) is 0 Å². The molecule has 2 aromatic rings. The average Bonchev–Trinajstić information content (AvgIpc) is 2.55. The Morgan fingerprint density at radius 2 is 1.75 bits per heavy atom. The minimum Gasteiger partial charge on any atom is -0.496 e. The average molecular weight is 329 g/mol. The number of ether oxygens (including phenoxy) is 1. The first-order chi connectivity index (χ1) is 11.4. The fraction of sp³-hybridized carbons (Fsp3) is 0.125. The Kier molecular flexibility index (Phi) is 5.10. The summed E-state index contributed by atoms with van der Waals surface area (Å²) in [4.78, 5) is 33.7. The highest BCUT2D eigenvalue weighted by Gasteiger charge is 2.17. The molecule has 0 bridgehead atoms. The Labute approximate surface area is 137 Å². The van der Waals surface area contributed by atoms with Gasteiger partial charge in [-0.25, -0.2) is 4.79 Å². The fourth-order valence-corrected chi connectivity index (χ4v) is 1.97. The van der Waals surface area contributed by atoms with Crippen molar-refractivity contribution in [1.29, 1.82) is 0 Å². The molecule has 0 radical (unpaired) electrons. The molecule has 2 aromatic carbocycles. The van der Waals surface area contributed by atoms with Gasteiger partial charge >= 0.3 is 6.03 Å². The minimum atomic E-state index is -0.640. The van der Waals surface area contributed by atoms with E-state index in [0.717, 1.165) is 0 Å². The van der Waals surface area contributed by atoms with Gasteiger partial charge in [0.15, 0.2) is 5.78 Å². The molecule has 124 valence electrons. The quantitative estimate of drug-likeness (QED) is 0.496. The third kappa shape index (κ3) is 4.07. The molecule has 0 spiro atoms. The molecule has 0 aliphatic carbocycles. The fourth-order valence-electron chi connectivity index (χ4n) is 1.97. The van der Waals surface area contributed by atoms with Crippen molar-refractivity contribution in [2.75, 3.05) is 17.7 Å². The second-order valence-electron chi connectivity index (χ2n) is 4.85. The second kappa shape index (κ2) is 7.23. The Bertz CT molecular complexity index is 787. The molecule has 0 saturated carbocycles. The number of nitrogens with zero attached hydrogens (tertiary/aromatic N) is 1. The van der Waals surface area contributed by atoms with Crippen molar-refractivity contribution >= 4 is 28.9 Å². The van der Waals surface area contributed by atoms with E-state index in [-0.39, 0.29) is 17.2 Å². The number of amides is 2. The molecule has 24 heavy (non-hydrogen) atoms. The zero-order valence-electron chi connectivity index (χ0n) is 13.0. The number of ketones is 1. The number of urea groups is 1. The van der Waals surface area contributed by atoms with Gasteiger partial charge in [0.05, 0.1) is 18.1 Å². The Hall–Kier alpha value is -3.42. The van der Waals surface area contributed by atoms with Gasteiger partial charge in [-0.1, -0.05) is 0 Å². The van der Waals surface area contributed by atoms with Gasteiger partial charge in [-0.3, -0.25) is 14.9 Å². The van der Waals surface area contributed by atoms with E-state index in [1.807, 2.05) is 0 Å². The van der Waals surface area contributed by atoms with Crippen LogP contribution >= 0.6 is 0 Å². The van der Waals surface area contributed by atoms with Gasteiger partial charge in [-0.2, -0.15) is 0 Å². The van der Waals surface area contributed by atoms with Crippen LogP contribution in [0.3, 0.4) is 0 Å². The van der Waals surface area contributed by atoms with Crippen molar-refractivity contribution in [2.45, 2.75) is 6.92 Å². The van der Waals surface area contributed by atoms with Crippen LogP contribution in [0.5, 0.6) is 5.75 Å². The molecule has 2 amide bonds. The SMILES string of the molecule is COc1ccc(NC(=O)Nc2ccc(C(C)=O)cc2)c([N+](=O)[O-])c1. The summed E-state index contributed by atoms with van der Waals surface area (Å²) in [6.07, 6.45) is 0. The number of benzene rings is 2. The molecule has 2 rings (SSSR count). The number of methoxy groups -OCH3 is 1. The maximum absolute atomic E-state index is 12.0. The number of nitrogens with one attached hydrogen (secondary N) is 2. The summed E-state index contributed by atoms with van der Waals surface area (Å²) >= 11 is 0. The maximum Gasteiger partial charge on any atom is 0.323 e. The smallest absolute Gasteiger partial charge is 0.323 e. The van der Waals surface area contributed by atoms with Gasteiger partial charge in [-0.05, 0) is 43.3 Å². The normalized spacial score (nSPS) is 9.92. The van der Waals surface area contributed by atoms with E-state index in [2.05, 4.69) is 10.6 Å². The van der Waals surface area contributed by atoms with Crippen molar-refractivity contribution < 1.29 is 19.2 Å². The zero-order chi connectivity index (χ0) is 17.7. The first kappa shape index (κ1) is 16.9. The van der Waals surface area contributed by atoms with E-state index in [1.165, 1.54) is 32.2 Å². The lowest BCUT2D eigenvalue weighted by Crippen LogP contribution is -2.20. The summed E-state index contributed by atoms with van der Waals surface area (Å²) in [5.74, 6) is 0.229. The van der Waals surface area contributed by atoms with E-state index in [1.54, 1.807) is 24.3 Å². The number of nitro benzene ring substituents is 1. The summed E-state index contributed by atoms with van der Waals surface area (Å²) in [5, 5.41) is 16.0. The Morgan fingerprint density at radius 3 is 2.29 bits per heavy atom. The van der Waals surface area contributed by atoms with Gasteiger partial charge in [0.1, 0.15) is 11.4 Å². The van der Waals surface area contributed by atoms with Gasteiger partial charge in [0.2, 0.25) is 0 Å². The summed E-state index contributed by atoms with van der Waals surface area (Å²) in [6, 6.07) is 9.76. The van der Waals surface area contributed by atoms with Crippen molar-refractivity contribution in [1.82, 2.24) is 0 Å². The Balaban J connectivity index is 2.12. The van der Waals surface area contributed by atoms with Crippen LogP contribution in [0, 0.1) is 10.1 Å². The number of anilines is 2. The molecule has 0 heterocycles. The molecule has 0 atom stereocenters. The van der Waals surface area contributed by atoms with E-state index >= 15 is 0 Å². The molecule has 0 unspecified atom stereocenters. The second-order valence-corrected chi connectivity index (χ2v) is 4.85. The number of carbonyl (C=O) groups is 2. The standard InChI is InChI=1S/C16H15N3O5/c1-10(20)11-3-5-12(6-4-11)17-16(21)18-14-8-7-13(24-2)9-15(14)19(22)23/h3-9H,1-2H3,(H2,17,18,21). The Morgan fingerprint density at radius 1 is 1.08 bits per heavy atom. The lowest BCUT2D eigenvalue weighted by atomic mass is 10.1. The van der Waals surface area contributed by atoms with Crippen molar-refractivity contribution in [3.05, 3.63) is 58.1 Å². The van der Waals surface area contributed by atoms with E-state index in [9.17, 15) is 19.7 Å².